The molecule has 0 radical (unpaired) electrons. The van der Waals surface area contributed by atoms with Crippen LogP contribution in [0.3, 0.4) is 0 Å². The van der Waals surface area contributed by atoms with Gasteiger partial charge in [0.1, 0.15) is 16.3 Å². The number of benzene rings is 2. The summed E-state index contributed by atoms with van der Waals surface area (Å²) in [4.78, 5) is 20.4. The van der Waals surface area contributed by atoms with Gasteiger partial charge in [0.25, 0.3) is 5.56 Å². The minimum absolute atomic E-state index is 0.0132. The number of nitrogens with two attached hydrogens (primary N) is 1. The summed E-state index contributed by atoms with van der Waals surface area (Å²) >= 11 is 4.75. The van der Waals surface area contributed by atoms with Crippen molar-refractivity contribution < 1.29 is 4.74 Å². The summed E-state index contributed by atoms with van der Waals surface area (Å²) in [5, 5.41) is 13.6. The molecular formula is C22H14BrN5O2S. The van der Waals surface area contributed by atoms with Crippen molar-refractivity contribution in [1.82, 2.24) is 9.97 Å². The van der Waals surface area contributed by atoms with Crippen LogP contribution in [0.5, 0.6) is 5.75 Å². The molecule has 2 aromatic heterocycles. The molecule has 2 aromatic carbocycles. The van der Waals surface area contributed by atoms with Gasteiger partial charge in [-0.3, -0.25) is 4.79 Å². The molecule has 0 bridgehead atoms. The van der Waals surface area contributed by atoms with Crippen LogP contribution in [0.1, 0.15) is 17.0 Å². The van der Waals surface area contributed by atoms with Crippen LogP contribution in [-0.2, 0) is 0 Å². The normalized spacial score (nSPS) is 15.3. The first kappa shape index (κ1) is 19.4. The van der Waals surface area contributed by atoms with Gasteiger partial charge in [-0.25, -0.2) is 4.98 Å². The molecule has 0 saturated heterocycles. The van der Waals surface area contributed by atoms with Crippen LogP contribution in [0.25, 0.3) is 10.3 Å². The van der Waals surface area contributed by atoms with Crippen molar-refractivity contribution in [3.05, 3.63) is 92.0 Å². The average molecular weight is 492 g/mol. The second-order valence-electron chi connectivity index (χ2n) is 6.86. The molecule has 1 aliphatic rings. The zero-order valence-electron chi connectivity index (χ0n) is 15.8. The summed E-state index contributed by atoms with van der Waals surface area (Å²) in [6.45, 7) is 0. The molecule has 0 saturated carbocycles. The minimum atomic E-state index is -0.636. The molecule has 152 valence electrons. The number of nitrogens with one attached hydrogen (secondary N) is 2. The van der Waals surface area contributed by atoms with Crippen molar-refractivity contribution in [1.29, 1.82) is 5.26 Å². The number of aromatic amines is 1. The Labute approximate surface area is 188 Å². The van der Waals surface area contributed by atoms with E-state index in [4.69, 9.17) is 10.5 Å². The Balaban J connectivity index is 1.69. The Bertz CT molecular complexity index is 1440. The number of halogens is 1. The maximum atomic E-state index is 13.1. The lowest BCUT2D eigenvalue weighted by Crippen LogP contribution is -2.27. The lowest BCUT2D eigenvalue weighted by atomic mass is 9.84. The summed E-state index contributed by atoms with van der Waals surface area (Å²) in [6.07, 6.45) is 0. The highest BCUT2D eigenvalue weighted by molar-refractivity contribution is 9.10. The molecule has 4 aromatic rings. The van der Waals surface area contributed by atoms with Gasteiger partial charge in [-0.1, -0.05) is 57.6 Å². The van der Waals surface area contributed by atoms with Crippen LogP contribution in [0.4, 0.5) is 10.8 Å². The molecule has 5 rings (SSSR count). The van der Waals surface area contributed by atoms with E-state index in [1.807, 2.05) is 54.6 Å². The number of thiazole rings is 1. The third kappa shape index (κ3) is 3.36. The van der Waals surface area contributed by atoms with Crippen molar-refractivity contribution in [3.8, 4) is 11.8 Å². The van der Waals surface area contributed by atoms with E-state index < -0.39 is 5.92 Å². The highest BCUT2D eigenvalue weighted by Gasteiger charge is 2.35. The number of H-pyrrole nitrogens is 1. The first-order valence-corrected chi connectivity index (χ1v) is 10.9. The number of rotatable bonds is 3. The highest BCUT2D eigenvalue weighted by atomic mass is 79.9. The van der Waals surface area contributed by atoms with E-state index in [2.05, 4.69) is 37.3 Å². The molecule has 7 nitrogen and oxygen atoms in total. The standard InChI is InChI=1S/C22H14BrN5O2S/c23-12-8-6-11(7-9-12)15-14(10-24)19(25)30-17-16(15)21(29)27-20-18(17)31-22(28-20)26-13-4-2-1-3-5-13/h1-9,15H,25H2,(H2,26,27,28,29). The zero-order valence-corrected chi connectivity index (χ0v) is 18.3. The molecule has 0 amide bonds. The van der Waals surface area contributed by atoms with E-state index in [0.29, 0.717) is 26.8 Å². The second-order valence-corrected chi connectivity index (χ2v) is 8.78. The predicted molar refractivity (Wildman–Crippen MR) is 123 cm³/mol. The number of hydrogen-bond donors (Lipinski definition) is 3. The Morgan fingerprint density at radius 3 is 2.65 bits per heavy atom. The third-order valence-electron chi connectivity index (χ3n) is 4.96. The van der Waals surface area contributed by atoms with Gasteiger partial charge >= 0.3 is 0 Å². The molecule has 0 fully saturated rings. The number of hydrogen-bond acceptors (Lipinski definition) is 7. The van der Waals surface area contributed by atoms with E-state index >= 15 is 0 Å². The number of ether oxygens (including phenoxy) is 1. The summed E-state index contributed by atoms with van der Waals surface area (Å²) in [6, 6.07) is 19.1. The molecule has 1 atom stereocenters. The van der Waals surface area contributed by atoms with Crippen LogP contribution in [0, 0.1) is 11.3 Å². The van der Waals surface area contributed by atoms with Crippen LogP contribution < -0.4 is 21.3 Å². The van der Waals surface area contributed by atoms with E-state index in [0.717, 1.165) is 15.7 Å². The van der Waals surface area contributed by atoms with E-state index in [1.54, 1.807) is 0 Å². The summed E-state index contributed by atoms with van der Waals surface area (Å²) < 4.78 is 7.36. The monoisotopic (exact) mass is 491 g/mol. The fraction of sp³-hybridized carbons (Fsp3) is 0.0455. The quantitative estimate of drug-likeness (QED) is 0.382. The van der Waals surface area contributed by atoms with Gasteiger partial charge < -0.3 is 20.8 Å². The van der Waals surface area contributed by atoms with Crippen molar-refractivity contribution in [2.24, 2.45) is 5.73 Å². The summed E-state index contributed by atoms with van der Waals surface area (Å²) in [7, 11) is 0. The van der Waals surface area contributed by atoms with Gasteiger partial charge in [-0.05, 0) is 29.8 Å². The van der Waals surface area contributed by atoms with Crippen LogP contribution in [-0.4, -0.2) is 9.97 Å². The first-order chi connectivity index (χ1) is 15.0. The first-order valence-electron chi connectivity index (χ1n) is 9.27. The Morgan fingerprint density at radius 1 is 1.19 bits per heavy atom. The Kier molecular flexibility index (Phi) is 4.73. The maximum Gasteiger partial charge on any atom is 0.257 e. The molecule has 0 spiro atoms. The number of anilines is 2. The lowest BCUT2D eigenvalue weighted by Gasteiger charge is -2.25. The van der Waals surface area contributed by atoms with Crippen molar-refractivity contribution in [3.63, 3.8) is 0 Å². The van der Waals surface area contributed by atoms with Gasteiger partial charge in [0.15, 0.2) is 16.5 Å². The van der Waals surface area contributed by atoms with Crippen molar-refractivity contribution in [2.45, 2.75) is 5.92 Å². The number of fused-ring (bicyclic) bond motifs is 3. The number of aromatic nitrogens is 2. The van der Waals surface area contributed by atoms with Crippen LogP contribution in [0.2, 0.25) is 0 Å². The van der Waals surface area contributed by atoms with E-state index in [9.17, 15) is 10.1 Å². The molecular weight excluding hydrogens is 478 g/mol. The van der Waals surface area contributed by atoms with Crippen LogP contribution >= 0.6 is 27.3 Å². The average Bonchev–Trinajstić information content (AvgIpc) is 3.16. The number of nitrogens with zero attached hydrogens (tertiary/aromatic N) is 2. The molecule has 0 aliphatic carbocycles. The smallest absolute Gasteiger partial charge is 0.257 e. The fourth-order valence-corrected chi connectivity index (χ4v) is 4.78. The van der Waals surface area contributed by atoms with Gasteiger partial charge in [0.05, 0.1) is 11.5 Å². The Morgan fingerprint density at radius 2 is 1.94 bits per heavy atom. The lowest BCUT2D eigenvalue weighted by molar-refractivity contribution is 0.397. The Hall–Kier alpha value is -3.61. The summed E-state index contributed by atoms with van der Waals surface area (Å²) in [5.41, 5.74) is 8.33. The molecule has 1 unspecified atom stereocenters. The van der Waals surface area contributed by atoms with Gasteiger partial charge in [0.2, 0.25) is 5.88 Å². The fourth-order valence-electron chi connectivity index (χ4n) is 3.58. The van der Waals surface area contributed by atoms with Crippen molar-refractivity contribution in [2.75, 3.05) is 5.32 Å². The number of allylic oxidation sites excluding steroid dienone is 1. The van der Waals surface area contributed by atoms with Gasteiger partial charge in [-0.2, -0.15) is 5.26 Å². The molecule has 1 aliphatic heterocycles. The number of pyridine rings is 1. The minimum Gasteiger partial charge on any atom is -0.438 e. The highest BCUT2D eigenvalue weighted by Crippen LogP contribution is 2.45. The zero-order chi connectivity index (χ0) is 21.5. The van der Waals surface area contributed by atoms with Crippen molar-refractivity contribution >= 4 is 48.4 Å². The third-order valence-corrected chi connectivity index (χ3v) is 6.46. The number of nitriles is 1. The second kappa shape index (κ2) is 7.58. The summed E-state index contributed by atoms with van der Waals surface area (Å²) in [5.74, 6) is -0.315. The van der Waals surface area contributed by atoms with Gasteiger partial charge in [0, 0.05) is 10.2 Å². The SMILES string of the molecule is N#CC1=C(N)Oc2c(c(=O)[nH]c3nc(Nc4ccccc4)sc23)C1c1ccc(Br)cc1. The number of para-hydroxylation sites is 1. The molecule has 4 N–H and O–H groups in total. The van der Waals surface area contributed by atoms with Gasteiger partial charge in [-0.15, -0.1) is 0 Å². The maximum absolute atomic E-state index is 13.1. The molecule has 31 heavy (non-hydrogen) atoms. The van der Waals surface area contributed by atoms with E-state index in [-0.39, 0.29) is 17.0 Å². The van der Waals surface area contributed by atoms with E-state index in [1.165, 1.54) is 11.3 Å². The molecule has 3 heterocycles. The topological polar surface area (TPSA) is 117 Å². The van der Waals surface area contributed by atoms with Crippen LogP contribution in [0.15, 0.2) is 75.3 Å². The molecule has 9 heteroatoms. The predicted octanol–water partition coefficient (Wildman–Crippen LogP) is 4.71. The largest absolute Gasteiger partial charge is 0.438 e.